The predicted molar refractivity (Wildman–Crippen MR) is 119 cm³/mol. The van der Waals surface area contributed by atoms with Crippen molar-refractivity contribution in [3.63, 3.8) is 0 Å². The first-order chi connectivity index (χ1) is 16.3. The molecule has 0 fully saturated rings. The number of hydrogen-bond acceptors (Lipinski definition) is 3. The highest BCUT2D eigenvalue weighted by Gasteiger charge is 2.37. The first-order valence-electron chi connectivity index (χ1n) is 10.5. The number of ether oxygens (including phenoxy) is 1. The van der Waals surface area contributed by atoms with Crippen LogP contribution < -0.4 is 9.64 Å². The number of rotatable bonds is 6. The van der Waals surface area contributed by atoms with E-state index in [9.17, 15) is 31.1 Å². The van der Waals surface area contributed by atoms with Crippen LogP contribution >= 0.6 is 0 Å². The third-order valence-corrected chi connectivity index (χ3v) is 5.50. The van der Waals surface area contributed by atoms with Gasteiger partial charge in [-0.15, -0.1) is 0 Å². The van der Waals surface area contributed by atoms with Crippen molar-refractivity contribution in [2.45, 2.75) is 25.7 Å². The van der Waals surface area contributed by atoms with E-state index in [0.717, 1.165) is 0 Å². The van der Waals surface area contributed by atoms with Crippen LogP contribution in [0.3, 0.4) is 0 Å². The number of hydrogen-bond donors (Lipinski definition) is 0. The summed E-state index contributed by atoms with van der Waals surface area (Å²) in [4.78, 5) is 18.6. The van der Waals surface area contributed by atoms with E-state index in [1.54, 1.807) is 36.5 Å². The zero-order chi connectivity index (χ0) is 26.0. The largest absolute Gasteiger partial charge is 0.496 e. The van der Waals surface area contributed by atoms with E-state index in [4.69, 9.17) is 4.74 Å². The van der Waals surface area contributed by atoms with E-state index >= 15 is 0 Å². The second-order valence-electron chi connectivity index (χ2n) is 8.01. The minimum Gasteiger partial charge on any atom is -0.496 e. The summed E-state index contributed by atoms with van der Waals surface area (Å²) >= 11 is 0. The summed E-state index contributed by atoms with van der Waals surface area (Å²) in [6.45, 7) is 1.45. The number of carbonyl (C=O) groups is 1. The number of methoxy groups -OCH3 is 1. The number of nitrogens with zero attached hydrogens (tertiary/aromatic N) is 2. The maximum Gasteiger partial charge on any atom is 0.416 e. The van der Waals surface area contributed by atoms with Gasteiger partial charge in [0.05, 0.1) is 23.9 Å². The first kappa shape index (κ1) is 26.1. The maximum absolute atomic E-state index is 13.2. The van der Waals surface area contributed by atoms with Gasteiger partial charge in [-0.2, -0.15) is 26.3 Å². The molecule has 0 bridgehead atoms. The van der Waals surface area contributed by atoms with Crippen molar-refractivity contribution in [3.05, 3.63) is 77.6 Å². The van der Waals surface area contributed by atoms with Crippen LogP contribution in [0.1, 0.15) is 23.6 Å². The molecule has 1 unspecified atom stereocenters. The first-order valence-corrected chi connectivity index (χ1v) is 10.5. The van der Waals surface area contributed by atoms with Gasteiger partial charge in [0.25, 0.3) is 0 Å². The minimum absolute atomic E-state index is 0.0681. The highest BCUT2D eigenvalue weighted by molar-refractivity contribution is 5.98. The van der Waals surface area contributed by atoms with Crippen molar-refractivity contribution in [1.82, 2.24) is 4.98 Å². The number of anilines is 1. The van der Waals surface area contributed by atoms with Gasteiger partial charge < -0.3 is 9.64 Å². The van der Waals surface area contributed by atoms with Crippen LogP contribution in [0.2, 0.25) is 0 Å². The number of alkyl halides is 6. The average Bonchev–Trinajstić information content (AvgIpc) is 2.81. The van der Waals surface area contributed by atoms with Gasteiger partial charge in [0.2, 0.25) is 5.91 Å². The fraction of sp³-hybridized carbons (Fsp3) is 0.280. The highest BCUT2D eigenvalue weighted by atomic mass is 19.4. The molecular formula is C25H22F6N2O2. The van der Waals surface area contributed by atoms with Crippen LogP contribution in [-0.4, -0.2) is 25.0 Å². The van der Waals surface area contributed by atoms with Crippen LogP contribution in [0.4, 0.5) is 32.0 Å². The van der Waals surface area contributed by atoms with Gasteiger partial charge in [-0.25, -0.2) is 0 Å². The molecule has 1 atom stereocenters. The zero-order valence-electron chi connectivity index (χ0n) is 19.0. The molecule has 1 heterocycles. The number of pyridine rings is 1. The number of amides is 1. The molecule has 0 radical (unpaired) electrons. The van der Waals surface area contributed by atoms with Crippen molar-refractivity contribution in [2.24, 2.45) is 5.92 Å². The summed E-state index contributed by atoms with van der Waals surface area (Å²) in [5.41, 5.74) is -1.36. The Morgan fingerprint density at radius 2 is 1.57 bits per heavy atom. The zero-order valence-corrected chi connectivity index (χ0v) is 19.0. The van der Waals surface area contributed by atoms with E-state index in [2.05, 4.69) is 4.98 Å². The molecular weight excluding hydrogens is 474 g/mol. The molecule has 0 aliphatic carbocycles. The molecule has 0 aliphatic heterocycles. The lowest BCUT2D eigenvalue weighted by Crippen LogP contribution is -2.33. The van der Waals surface area contributed by atoms with Crippen LogP contribution in [0, 0.1) is 5.92 Å². The molecule has 35 heavy (non-hydrogen) atoms. The molecule has 1 amide bonds. The Balaban J connectivity index is 1.92. The van der Waals surface area contributed by atoms with Crippen molar-refractivity contribution >= 4 is 11.6 Å². The van der Waals surface area contributed by atoms with Crippen LogP contribution in [-0.2, 0) is 23.6 Å². The molecule has 0 N–H and O–H groups in total. The lowest BCUT2D eigenvalue weighted by Gasteiger charge is -2.25. The Bertz CT molecular complexity index is 1170. The fourth-order valence-electron chi connectivity index (χ4n) is 3.78. The van der Waals surface area contributed by atoms with Crippen LogP contribution in [0.5, 0.6) is 5.75 Å². The van der Waals surface area contributed by atoms with Crippen LogP contribution in [0.15, 0.2) is 60.9 Å². The van der Waals surface area contributed by atoms with Gasteiger partial charge in [-0.3, -0.25) is 9.78 Å². The highest BCUT2D eigenvalue weighted by Crippen LogP contribution is 2.38. The van der Waals surface area contributed by atoms with E-state index in [-0.39, 0.29) is 18.1 Å². The summed E-state index contributed by atoms with van der Waals surface area (Å²) in [6.07, 6.45) is -7.21. The summed E-state index contributed by atoms with van der Waals surface area (Å²) in [7, 11) is 2.98. The Hall–Kier alpha value is -3.56. The Labute approximate surface area is 198 Å². The predicted octanol–water partition coefficient (Wildman–Crippen LogP) is 6.64. The number of halogens is 6. The number of benzene rings is 2. The molecule has 0 saturated carbocycles. The molecule has 0 aliphatic rings. The van der Waals surface area contributed by atoms with Gasteiger partial charge in [0.15, 0.2) is 0 Å². The number of carbonyl (C=O) groups excluding carboxylic acids is 1. The smallest absolute Gasteiger partial charge is 0.416 e. The number of para-hydroxylation sites is 1. The van der Waals surface area contributed by atoms with E-state index in [0.29, 0.717) is 34.7 Å². The average molecular weight is 496 g/mol. The Morgan fingerprint density at radius 3 is 2.14 bits per heavy atom. The molecule has 10 heteroatoms. The monoisotopic (exact) mass is 496 g/mol. The maximum atomic E-state index is 13.2. The van der Waals surface area contributed by atoms with E-state index < -0.39 is 35.3 Å². The Kier molecular flexibility index (Phi) is 7.42. The van der Waals surface area contributed by atoms with Gasteiger partial charge in [-0.1, -0.05) is 25.1 Å². The summed E-state index contributed by atoms with van der Waals surface area (Å²) in [5, 5.41) is 0. The van der Waals surface area contributed by atoms with Gasteiger partial charge in [0.1, 0.15) is 5.75 Å². The fourth-order valence-corrected chi connectivity index (χ4v) is 3.78. The van der Waals surface area contributed by atoms with E-state index in [1.807, 2.05) is 0 Å². The minimum atomic E-state index is -4.96. The molecule has 3 rings (SSSR count). The Morgan fingerprint density at radius 1 is 0.971 bits per heavy atom. The second-order valence-corrected chi connectivity index (χ2v) is 8.01. The molecule has 0 saturated heterocycles. The van der Waals surface area contributed by atoms with E-state index in [1.165, 1.54) is 32.2 Å². The van der Waals surface area contributed by atoms with Crippen molar-refractivity contribution < 1.29 is 35.9 Å². The van der Waals surface area contributed by atoms with Gasteiger partial charge in [0, 0.05) is 36.5 Å². The standard InChI is InChI=1S/C25H22F6N2O2/c1-15(10-16-11-17(24(26,27)28)13-18(12-16)25(29,30)31)23(34)33(2)21-8-9-32-14-20(21)19-6-4-5-7-22(19)35-3/h4-9,11-15H,10H2,1-3H3. The van der Waals surface area contributed by atoms with Crippen molar-refractivity contribution in [2.75, 3.05) is 19.1 Å². The SMILES string of the molecule is COc1ccccc1-c1cnccc1N(C)C(=O)C(C)Cc1cc(C(F)(F)F)cc(C(F)(F)F)c1. The van der Waals surface area contributed by atoms with Crippen molar-refractivity contribution in [1.29, 1.82) is 0 Å². The molecule has 3 aromatic rings. The number of aromatic nitrogens is 1. The molecule has 2 aromatic carbocycles. The van der Waals surface area contributed by atoms with Crippen molar-refractivity contribution in [3.8, 4) is 16.9 Å². The van der Waals surface area contributed by atoms with Crippen LogP contribution in [0.25, 0.3) is 11.1 Å². The second kappa shape index (κ2) is 9.97. The van der Waals surface area contributed by atoms with Gasteiger partial charge >= 0.3 is 12.4 Å². The van der Waals surface area contributed by atoms with Gasteiger partial charge in [-0.05, 0) is 42.3 Å². The molecule has 186 valence electrons. The summed E-state index contributed by atoms with van der Waals surface area (Å²) in [6, 6.07) is 10.0. The third kappa shape index (κ3) is 5.93. The molecule has 0 spiro atoms. The summed E-state index contributed by atoms with van der Waals surface area (Å²) < 4.78 is 84.5. The summed E-state index contributed by atoms with van der Waals surface area (Å²) in [5.74, 6) is -0.860. The third-order valence-electron chi connectivity index (χ3n) is 5.50. The lowest BCUT2D eigenvalue weighted by atomic mass is 9.95. The topological polar surface area (TPSA) is 42.4 Å². The quantitative estimate of drug-likeness (QED) is 0.360. The molecule has 1 aromatic heterocycles. The normalized spacial score (nSPS) is 12.8. The lowest BCUT2D eigenvalue weighted by molar-refractivity contribution is -0.143. The molecule has 4 nitrogen and oxygen atoms in total.